The number of hydrogen-bond acceptors (Lipinski definition) is 6. The van der Waals surface area contributed by atoms with Crippen LogP contribution < -0.4 is 0 Å². The highest BCUT2D eigenvalue weighted by Gasteiger charge is 2.19. The summed E-state index contributed by atoms with van der Waals surface area (Å²) < 4.78 is 16.9. The number of allylic oxidation sites excluding steroid dienone is 2. The van der Waals surface area contributed by atoms with Crippen molar-refractivity contribution in [1.29, 1.82) is 0 Å². The van der Waals surface area contributed by atoms with E-state index in [0.29, 0.717) is 19.3 Å². The van der Waals surface area contributed by atoms with Gasteiger partial charge in [0.2, 0.25) is 0 Å². The van der Waals surface area contributed by atoms with Crippen LogP contribution >= 0.6 is 0 Å². The summed E-state index contributed by atoms with van der Waals surface area (Å²) >= 11 is 0. The summed E-state index contributed by atoms with van der Waals surface area (Å²) in [4.78, 5) is 38.1. The quantitative estimate of drug-likeness (QED) is 0.0262. The molecular weight excluding hydrogens is 817 g/mol. The third kappa shape index (κ3) is 53.1. The predicted molar refractivity (Wildman–Crippen MR) is 284 cm³/mol. The van der Waals surface area contributed by atoms with E-state index >= 15 is 0 Å². The monoisotopic (exact) mass is 931 g/mol. The first-order chi connectivity index (χ1) is 32.5. The first kappa shape index (κ1) is 64.2. The fraction of sp³-hybridized carbons (Fsp3) is 0.917. The first-order valence-corrected chi connectivity index (χ1v) is 29.7. The van der Waals surface area contributed by atoms with Gasteiger partial charge in [-0.05, 0) is 44.9 Å². The van der Waals surface area contributed by atoms with Crippen molar-refractivity contribution in [1.82, 2.24) is 0 Å². The van der Waals surface area contributed by atoms with Crippen LogP contribution in [0.25, 0.3) is 0 Å². The lowest BCUT2D eigenvalue weighted by atomic mass is 10.0. The lowest BCUT2D eigenvalue weighted by Crippen LogP contribution is -2.30. The van der Waals surface area contributed by atoms with Crippen molar-refractivity contribution < 1.29 is 28.6 Å². The number of rotatable bonds is 55. The molecule has 0 spiro atoms. The zero-order valence-electron chi connectivity index (χ0n) is 44.7. The van der Waals surface area contributed by atoms with Gasteiger partial charge in [0, 0.05) is 19.3 Å². The van der Waals surface area contributed by atoms with E-state index in [-0.39, 0.29) is 31.1 Å². The van der Waals surface area contributed by atoms with Gasteiger partial charge < -0.3 is 14.2 Å². The first-order valence-electron chi connectivity index (χ1n) is 29.7. The van der Waals surface area contributed by atoms with Gasteiger partial charge in [-0.3, -0.25) is 14.4 Å². The SMILES string of the molecule is CCCCCCCCCC/C=C\CCCCCCCCCCCCCC(=O)OCC(COC(=O)CCCCCCCCCCCCC)OC(=O)CCCCCCCCCCCCCCCC. The molecule has 0 N–H and O–H groups in total. The smallest absolute Gasteiger partial charge is 0.306 e. The van der Waals surface area contributed by atoms with Crippen molar-refractivity contribution in [3.05, 3.63) is 12.2 Å². The summed E-state index contributed by atoms with van der Waals surface area (Å²) in [5, 5.41) is 0. The molecule has 0 aromatic rings. The van der Waals surface area contributed by atoms with Crippen LogP contribution in [0.5, 0.6) is 0 Å². The summed E-state index contributed by atoms with van der Waals surface area (Å²) in [5.41, 5.74) is 0. The van der Waals surface area contributed by atoms with Crippen LogP contribution in [0.2, 0.25) is 0 Å². The van der Waals surface area contributed by atoms with E-state index in [1.807, 2.05) is 0 Å². The molecule has 1 unspecified atom stereocenters. The van der Waals surface area contributed by atoms with Gasteiger partial charge in [0.1, 0.15) is 13.2 Å². The molecule has 1 atom stereocenters. The highest BCUT2D eigenvalue weighted by molar-refractivity contribution is 5.71. The van der Waals surface area contributed by atoms with E-state index in [2.05, 4.69) is 32.9 Å². The Morgan fingerprint density at radius 1 is 0.288 bits per heavy atom. The number of unbranched alkanes of at least 4 members (excludes halogenated alkanes) is 42. The Labute approximate surface area is 411 Å². The third-order valence-electron chi connectivity index (χ3n) is 13.5. The number of carbonyl (C=O) groups is 3. The van der Waals surface area contributed by atoms with Gasteiger partial charge in [-0.25, -0.2) is 0 Å². The average molecular weight is 932 g/mol. The lowest BCUT2D eigenvalue weighted by Gasteiger charge is -2.18. The molecule has 0 aliphatic heterocycles. The van der Waals surface area contributed by atoms with Crippen molar-refractivity contribution in [3.63, 3.8) is 0 Å². The van der Waals surface area contributed by atoms with Gasteiger partial charge in [-0.15, -0.1) is 0 Å². The summed E-state index contributed by atoms with van der Waals surface area (Å²) in [6.45, 7) is 6.69. The standard InChI is InChI=1S/C60H114O6/c1-4-7-10-13-16-19-22-24-26-27-28-29-30-31-32-33-34-36-38-41-44-47-50-53-59(62)65-56-57(55-64-58(61)52-49-46-43-40-37-21-18-15-12-9-6-3)66-60(63)54-51-48-45-42-39-35-25-23-20-17-14-11-8-5-2/h27-28,57H,4-26,29-56H2,1-3H3/b28-27-. The van der Waals surface area contributed by atoms with Gasteiger partial charge in [0.25, 0.3) is 0 Å². The molecule has 0 saturated heterocycles. The molecular formula is C60H114O6. The predicted octanol–water partition coefficient (Wildman–Crippen LogP) is 19.7. The van der Waals surface area contributed by atoms with E-state index in [4.69, 9.17) is 14.2 Å². The molecule has 6 nitrogen and oxygen atoms in total. The molecule has 0 saturated carbocycles. The fourth-order valence-corrected chi connectivity index (χ4v) is 9.03. The average Bonchev–Trinajstić information content (AvgIpc) is 3.31. The maximum atomic E-state index is 12.8. The summed E-state index contributed by atoms with van der Waals surface area (Å²) in [6.07, 6.45) is 63.5. The number of hydrogen-bond donors (Lipinski definition) is 0. The highest BCUT2D eigenvalue weighted by Crippen LogP contribution is 2.17. The Bertz CT molecular complexity index is 1020. The Balaban J connectivity index is 4.20. The molecule has 390 valence electrons. The zero-order chi connectivity index (χ0) is 47.9. The van der Waals surface area contributed by atoms with Crippen LogP contribution in [0.15, 0.2) is 12.2 Å². The Morgan fingerprint density at radius 3 is 0.758 bits per heavy atom. The van der Waals surface area contributed by atoms with Gasteiger partial charge >= 0.3 is 17.9 Å². The molecule has 0 amide bonds. The van der Waals surface area contributed by atoms with E-state index in [1.54, 1.807) is 0 Å². The highest BCUT2D eigenvalue weighted by atomic mass is 16.6. The molecule has 0 aliphatic rings. The van der Waals surface area contributed by atoms with E-state index in [1.165, 1.54) is 238 Å². The molecule has 0 radical (unpaired) electrons. The minimum atomic E-state index is -0.763. The van der Waals surface area contributed by atoms with Crippen molar-refractivity contribution in [2.75, 3.05) is 13.2 Å². The molecule has 0 aliphatic carbocycles. The normalized spacial score (nSPS) is 12.0. The molecule has 66 heavy (non-hydrogen) atoms. The molecule has 0 fully saturated rings. The summed E-state index contributed by atoms with van der Waals surface area (Å²) in [5.74, 6) is -0.842. The maximum absolute atomic E-state index is 12.8. The fourth-order valence-electron chi connectivity index (χ4n) is 9.03. The second-order valence-electron chi connectivity index (χ2n) is 20.3. The van der Waals surface area contributed by atoms with Crippen molar-refractivity contribution >= 4 is 17.9 Å². The topological polar surface area (TPSA) is 78.9 Å². The molecule has 0 bridgehead atoms. The number of esters is 3. The maximum Gasteiger partial charge on any atom is 0.306 e. The number of carbonyl (C=O) groups excluding carboxylic acids is 3. The van der Waals surface area contributed by atoms with Crippen molar-refractivity contribution in [2.24, 2.45) is 0 Å². The van der Waals surface area contributed by atoms with Gasteiger partial charge in [-0.2, -0.15) is 0 Å². The lowest BCUT2D eigenvalue weighted by molar-refractivity contribution is -0.167. The molecule has 0 heterocycles. The third-order valence-corrected chi connectivity index (χ3v) is 13.5. The summed E-state index contributed by atoms with van der Waals surface area (Å²) in [6, 6.07) is 0. The van der Waals surface area contributed by atoms with Crippen LogP contribution in [0, 0.1) is 0 Å². The van der Waals surface area contributed by atoms with Crippen LogP contribution in [0.1, 0.15) is 335 Å². The zero-order valence-corrected chi connectivity index (χ0v) is 44.7. The van der Waals surface area contributed by atoms with E-state index < -0.39 is 6.10 Å². The molecule has 6 heteroatoms. The Kier molecular flexibility index (Phi) is 54.2. The van der Waals surface area contributed by atoms with Crippen LogP contribution in [0.4, 0.5) is 0 Å². The largest absolute Gasteiger partial charge is 0.462 e. The minimum Gasteiger partial charge on any atom is -0.462 e. The van der Waals surface area contributed by atoms with E-state index in [9.17, 15) is 14.4 Å². The van der Waals surface area contributed by atoms with Crippen LogP contribution in [-0.2, 0) is 28.6 Å². The second kappa shape index (κ2) is 55.7. The minimum absolute atomic E-state index is 0.0641. The molecule has 0 aromatic carbocycles. The summed E-state index contributed by atoms with van der Waals surface area (Å²) in [7, 11) is 0. The molecule has 0 rings (SSSR count). The Morgan fingerprint density at radius 2 is 0.500 bits per heavy atom. The molecule has 0 aromatic heterocycles. The van der Waals surface area contributed by atoms with E-state index in [0.717, 1.165) is 57.8 Å². The Hall–Kier alpha value is -1.85. The number of ether oxygens (including phenoxy) is 3. The van der Waals surface area contributed by atoms with Gasteiger partial charge in [0.15, 0.2) is 6.10 Å². The van der Waals surface area contributed by atoms with Crippen molar-refractivity contribution in [2.45, 2.75) is 341 Å². The second-order valence-corrected chi connectivity index (χ2v) is 20.3. The van der Waals surface area contributed by atoms with Gasteiger partial charge in [-0.1, -0.05) is 283 Å². The van der Waals surface area contributed by atoms with Gasteiger partial charge in [0.05, 0.1) is 0 Å². The van der Waals surface area contributed by atoms with Crippen molar-refractivity contribution in [3.8, 4) is 0 Å². The van der Waals surface area contributed by atoms with Crippen LogP contribution in [-0.4, -0.2) is 37.2 Å². The van der Waals surface area contributed by atoms with Crippen LogP contribution in [0.3, 0.4) is 0 Å².